The SMILES string of the molecule is CN(C)CCCCNC(=O)C1CCCC(C(=O)O)C1. The molecule has 0 bridgehead atoms. The first-order chi connectivity index (χ1) is 9.00. The molecule has 1 fully saturated rings. The van der Waals surface area contributed by atoms with Gasteiger partial charge in [-0.1, -0.05) is 6.42 Å². The third kappa shape index (κ3) is 6.05. The van der Waals surface area contributed by atoms with Crippen LogP contribution in [0.3, 0.4) is 0 Å². The second kappa shape index (κ2) is 8.15. The van der Waals surface area contributed by atoms with Crippen molar-refractivity contribution in [2.24, 2.45) is 11.8 Å². The van der Waals surface area contributed by atoms with Gasteiger partial charge in [0.1, 0.15) is 0 Å². The van der Waals surface area contributed by atoms with Crippen molar-refractivity contribution >= 4 is 11.9 Å². The summed E-state index contributed by atoms with van der Waals surface area (Å²) in [4.78, 5) is 25.0. The average molecular weight is 270 g/mol. The zero-order valence-corrected chi connectivity index (χ0v) is 12.0. The normalized spacial score (nSPS) is 23.3. The molecule has 0 radical (unpaired) electrons. The summed E-state index contributed by atoms with van der Waals surface area (Å²) in [5.74, 6) is -1.17. The first-order valence-electron chi connectivity index (χ1n) is 7.16. The number of nitrogens with zero attached hydrogens (tertiary/aromatic N) is 1. The van der Waals surface area contributed by atoms with Crippen LogP contribution in [-0.2, 0) is 9.59 Å². The van der Waals surface area contributed by atoms with Crippen LogP contribution in [0.25, 0.3) is 0 Å². The van der Waals surface area contributed by atoms with Crippen molar-refractivity contribution in [2.75, 3.05) is 27.2 Å². The van der Waals surface area contributed by atoms with Crippen LogP contribution >= 0.6 is 0 Å². The number of carboxylic acid groups (broad SMARTS) is 1. The van der Waals surface area contributed by atoms with Crippen LogP contribution in [0.1, 0.15) is 38.5 Å². The zero-order chi connectivity index (χ0) is 14.3. The number of hydrogen-bond donors (Lipinski definition) is 2. The Kier molecular flexibility index (Phi) is 6.84. The first kappa shape index (κ1) is 16.0. The molecule has 1 aliphatic rings. The van der Waals surface area contributed by atoms with Gasteiger partial charge in [0, 0.05) is 12.5 Å². The summed E-state index contributed by atoms with van der Waals surface area (Å²) in [5, 5.41) is 11.9. The number of carbonyl (C=O) groups excluding carboxylic acids is 1. The molecule has 0 saturated heterocycles. The third-order valence-electron chi connectivity index (χ3n) is 3.73. The van der Waals surface area contributed by atoms with Crippen LogP contribution in [0.2, 0.25) is 0 Å². The molecule has 1 rings (SSSR count). The van der Waals surface area contributed by atoms with E-state index in [9.17, 15) is 9.59 Å². The summed E-state index contributed by atoms with van der Waals surface area (Å²) in [6.07, 6.45) is 4.92. The fourth-order valence-electron chi connectivity index (χ4n) is 2.56. The van der Waals surface area contributed by atoms with E-state index in [0.717, 1.165) is 32.2 Å². The maximum absolute atomic E-state index is 11.9. The Morgan fingerprint density at radius 1 is 1.21 bits per heavy atom. The van der Waals surface area contributed by atoms with Crippen LogP contribution in [-0.4, -0.2) is 49.1 Å². The lowest BCUT2D eigenvalue weighted by Gasteiger charge is -2.25. The highest BCUT2D eigenvalue weighted by atomic mass is 16.4. The summed E-state index contributed by atoms with van der Waals surface area (Å²) in [5.41, 5.74) is 0. The number of hydrogen-bond acceptors (Lipinski definition) is 3. The molecule has 1 aliphatic carbocycles. The first-order valence-corrected chi connectivity index (χ1v) is 7.16. The van der Waals surface area contributed by atoms with Gasteiger partial charge < -0.3 is 15.3 Å². The Labute approximate surface area is 115 Å². The molecule has 19 heavy (non-hydrogen) atoms. The van der Waals surface area contributed by atoms with Crippen LogP contribution in [0.4, 0.5) is 0 Å². The smallest absolute Gasteiger partial charge is 0.306 e. The molecule has 1 amide bonds. The fourth-order valence-corrected chi connectivity index (χ4v) is 2.56. The number of amides is 1. The summed E-state index contributed by atoms with van der Waals surface area (Å²) in [7, 11) is 4.07. The second-order valence-electron chi connectivity index (χ2n) is 5.70. The fraction of sp³-hybridized carbons (Fsp3) is 0.857. The monoisotopic (exact) mass is 270 g/mol. The summed E-state index contributed by atoms with van der Waals surface area (Å²) >= 11 is 0. The van der Waals surface area contributed by atoms with Gasteiger partial charge in [-0.2, -0.15) is 0 Å². The van der Waals surface area contributed by atoms with Crippen molar-refractivity contribution in [2.45, 2.75) is 38.5 Å². The van der Waals surface area contributed by atoms with Crippen LogP contribution in [0.15, 0.2) is 0 Å². The lowest BCUT2D eigenvalue weighted by atomic mass is 9.81. The van der Waals surface area contributed by atoms with Crippen molar-refractivity contribution in [3.63, 3.8) is 0 Å². The molecule has 0 aromatic carbocycles. The van der Waals surface area contributed by atoms with Gasteiger partial charge in [0.2, 0.25) is 5.91 Å². The molecule has 2 N–H and O–H groups in total. The molecular weight excluding hydrogens is 244 g/mol. The molecule has 5 heteroatoms. The molecule has 0 aliphatic heterocycles. The minimum absolute atomic E-state index is 0.0378. The molecule has 0 heterocycles. The highest BCUT2D eigenvalue weighted by Gasteiger charge is 2.30. The summed E-state index contributed by atoms with van der Waals surface area (Å²) < 4.78 is 0. The zero-order valence-electron chi connectivity index (χ0n) is 12.0. The molecule has 1 saturated carbocycles. The molecular formula is C14H26N2O3. The summed E-state index contributed by atoms with van der Waals surface area (Å²) in [6.45, 7) is 1.72. The van der Waals surface area contributed by atoms with Crippen LogP contribution < -0.4 is 5.32 Å². The van der Waals surface area contributed by atoms with E-state index in [4.69, 9.17) is 5.11 Å². The van der Waals surface area contributed by atoms with Gasteiger partial charge in [0.15, 0.2) is 0 Å². The molecule has 110 valence electrons. The number of aliphatic carboxylic acids is 1. The topological polar surface area (TPSA) is 69.6 Å². The predicted octanol–water partition coefficient (Wildman–Crippen LogP) is 1.34. The standard InChI is InChI=1S/C14H26N2O3/c1-16(2)9-4-3-8-15-13(17)11-6-5-7-12(10-11)14(18)19/h11-12H,3-10H2,1-2H3,(H,15,17)(H,18,19). The van der Waals surface area contributed by atoms with E-state index in [1.165, 1.54) is 0 Å². The van der Waals surface area contributed by atoms with Gasteiger partial charge >= 0.3 is 5.97 Å². The largest absolute Gasteiger partial charge is 0.481 e. The van der Waals surface area contributed by atoms with Gasteiger partial charge in [0.05, 0.1) is 5.92 Å². The van der Waals surface area contributed by atoms with Gasteiger partial charge in [-0.15, -0.1) is 0 Å². The van der Waals surface area contributed by atoms with E-state index < -0.39 is 5.97 Å². The minimum atomic E-state index is -0.761. The van der Waals surface area contributed by atoms with Crippen molar-refractivity contribution in [3.05, 3.63) is 0 Å². The van der Waals surface area contributed by atoms with Gasteiger partial charge in [-0.25, -0.2) is 0 Å². The number of unbranched alkanes of at least 4 members (excludes halogenated alkanes) is 1. The highest BCUT2D eigenvalue weighted by molar-refractivity contribution is 5.80. The quantitative estimate of drug-likeness (QED) is 0.685. The van der Waals surface area contributed by atoms with Crippen molar-refractivity contribution in [1.82, 2.24) is 10.2 Å². The maximum atomic E-state index is 11.9. The molecule has 0 aromatic rings. The maximum Gasteiger partial charge on any atom is 0.306 e. The van der Waals surface area contributed by atoms with Crippen LogP contribution in [0.5, 0.6) is 0 Å². The van der Waals surface area contributed by atoms with E-state index in [1.807, 2.05) is 14.1 Å². The Morgan fingerprint density at radius 2 is 1.89 bits per heavy atom. The third-order valence-corrected chi connectivity index (χ3v) is 3.73. The molecule has 0 spiro atoms. The van der Waals surface area contributed by atoms with E-state index >= 15 is 0 Å². The van der Waals surface area contributed by atoms with Gasteiger partial charge in [-0.3, -0.25) is 9.59 Å². The average Bonchev–Trinajstić information content (AvgIpc) is 2.37. The van der Waals surface area contributed by atoms with E-state index in [2.05, 4.69) is 10.2 Å². The number of carboxylic acids is 1. The lowest BCUT2D eigenvalue weighted by Crippen LogP contribution is -2.36. The highest BCUT2D eigenvalue weighted by Crippen LogP contribution is 2.29. The number of rotatable bonds is 7. The van der Waals surface area contributed by atoms with E-state index in [0.29, 0.717) is 19.4 Å². The van der Waals surface area contributed by atoms with E-state index in [-0.39, 0.29) is 17.7 Å². The minimum Gasteiger partial charge on any atom is -0.481 e. The second-order valence-corrected chi connectivity index (χ2v) is 5.70. The Morgan fingerprint density at radius 3 is 2.53 bits per heavy atom. The molecule has 2 atom stereocenters. The predicted molar refractivity (Wildman–Crippen MR) is 73.9 cm³/mol. The Hall–Kier alpha value is -1.10. The van der Waals surface area contributed by atoms with Crippen LogP contribution in [0, 0.1) is 11.8 Å². The number of nitrogens with one attached hydrogen (secondary N) is 1. The van der Waals surface area contributed by atoms with Crippen molar-refractivity contribution < 1.29 is 14.7 Å². The van der Waals surface area contributed by atoms with Gasteiger partial charge in [-0.05, 0) is 52.7 Å². The Balaban J connectivity index is 2.20. The summed E-state index contributed by atoms with van der Waals surface area (Å²) in [6, 6.07) is 0. The molecule has 0 aromatic heterocycles. The van der Waals surface area contributed by atoms with Crippen molar-refractivity contribution in [1.29, 1.82) is 0 Å². The number of carbonyl (C=O) groups is 2. The van der Waals surface area contributed by atoms with Gasteiger partial charge in [0.25, 0.3) is 0 Å². The Bertz CT molecular complexity index is 305. The molecule has 5 nitrogen and oxygen atoms in total. The van der Waals surface area contributed by atoms with E-state index in [1.54, 1.807) is 0 Å². The van der Waals surface area contributed by atoms with Crippen molar-refractivity contribution in [3.8, 4) is 0 Å². The lowest BCUT2D eigenvalue weighted by molar-refractivity contribution is -0.144. The molecule has 2 unspecified atom stereocenters.